The second-order valence-corrected chi connectivity index (χ2v) is 7.86. The Hall–Kier alpha value is -2.58. The van der Waals surface area contributed by atoms with Crippen molar-refractivity contribution in [1.82, 2.24) is 29.0 Å². The number of ether oxygens (including phenoxy) is 1. The maximum atomic E-state index is 12.9. The zero-order valence-electron chi connectivity index (χ0n) is 16.8. The zero-order valence-corrected chi connectivity index (χ0v) is 16.8. The predicted molar refractivity (Wildman–Crippen MR) is 103 cm³/mol. The molecule has 0 aromatic carbocycles. The summed E-state index contributed by atoms with van der Waals surface area (Å²) < 4.78 is 10.2. The Balaban J connectivity index is 1.50. The lowest BCUT2D eigenvalue weighted by Gasteiger charge is -2.32. The van der Waals surface area contributed by atoms with Crippen LogP contribution >= 0.6 is 0 Å². The molecule has 1 amide bonds. The highest BCUT2D eigenvalue weighted by Crippen LogP contribution is 2.34. The van der Waals surface area contributed by atoms with Crippen molar-refractivity contribution >= 4 is 5.91 Å². The third kappa shape index (κ3) is 3.22. The summed E-state index contributed by atoms with van der Waals surface area (Å²) in [5, 5.41) is 8.74. The van der Waals surface area contributed by atoms with Crippen LogP contribution in [0.4, 0.5) is 0 Å². The van der Waals surface area contributed by atoms with Crippen molar-refractivity contribution in [1.29, 1.82) is 0 Å². The number of rotatable bonds is 4. The average molecular weight is 388 g/mol. The standard InChI is InChI=1S/C19H28N6O3/c1-22-12-15(17(21-22)28-3)18(26)24-10-8-13(9-11-24)16-20-23(2)19(27)25(16)14-6-4-5-7-14/h12-14H,4-11H2,1-3H3. The van der Waals surface area contributed by atoms with E-state index < -0.39 is 0 Å². The summed E-state index contributed by atoms with van der Waals surface area (Å²) in [6.45, 7) is 1.27. The highest BCUT2D eigenvalue weighted by molar-refractivity contribution is 5.96. The van der Waals surface area contributed by atoms with Crippen molar-refractivity contribution in [3.05, 3.63) is 28.1 Å². The molecule has 4 rings (SSSR count). The van der Waals surface area contributed by atoms with Gasteiger partial charge in [0.05, 0.1) is 7.11 Å². The number of carbonyl (C=O) groups is 1. The lowest BCUT2D eigenvalue weighted by atomic mass is 9.95. The van der Waals surface area contributed by atoms with E-state index in [0.29, 0.717) is 24.5 Å². The maximum absolute atomic E-state index is 12.9. The number of amides is 1. The van der Waals surface area contributed by atoms with E-state index in [9.17, 15) is 9.59 Å². The van der Waals surface area contributed by atoms with E-state index in [2.05, 4.69) is 10.2 Å². The van der Waals surface area contributed by atoms with Crippen molar-refractivity contribution < 1.29 is 9.53 Å². The van der Waals surface area contributed by atoms with Gasteiger partial charge in [0.2, 0.25) is 5.88 Å². The molecule has 2 aromatic heterocycles. The molecule has 0 radical (unpaired) electrons. The van der Waals surface area contributed by atoms with Crippen LogP contribution in [-0.2, 0) is 14.1 Å². The van der Waals surface area contributed by atoms with Gasteiger partial charge >= 0.3 is 5.69 Å². The summed E-state index contributed by atoms with van der Waals surface area (Å²) in [6.07, 6.45) is 7.75. The number of methoxy groups -OCH3 is 1. The molecule has 1 aliphatic carbocycles. The van der Waals surface area contributed by atoms with Gasteiger partial charge in [-0.2, -0.15) is 5.10 Å². The van der Waals surface area contributed by atoms with Gasteiger partial charge in [-0.15, -0.1) is 5.10 Å². The highest BCUT2D eigenvalue weighted by Gasteiger charge is 2.32. The van der Waals surface area contributed by atoms with Gasteiger partial charge in [0.15, 0.2) is 0 Å². The summed E-state index contributed by atoms with van der Waals surface area (Å²) in [5.74, 6) is 1.40. The molecule has 9 nitrogen and oxygen atoms in total. The molecule has 0 atom stereocenters. The summed E-state index contributed by atoms with van der Waals surface area (Å²) in [7, 11) is 5.02. The van der Waals surface area contributed by atoms with Crippen LogP contribution in [0.2, 0.25) is 0 Å². The van der Waals surface area contributed by atoms with Crippen LogP contribution in [0.1, 0.15) is 66.7 Å². The predicted octanol–water partition coefficient (Wildman–Crippen LogP) is 1.46. The topological polar surface area (TPSA) is 87.2 Å². The van der Waals surface area contributed by atoms with E-state index in [0.717, 1.165) is 31.5 Å². The monoisotopic (exact) mass is 388 g/mol. The van der Waals surface area contributed by atoms with E-state index in [1.54, 1.807) is 25.0 Å². The van der Waals surface area contributed by atoms with Crippen LogP contribution in [-0.4, -0.2) is 55.1 Å². The number of piperidine rings is 1. The molecule has 0 spiro atoms. The van der Waals surface area contributed by atoms with Gasteiger partial charge in [-0.1, -0.05) is 12.8 Å². The van der Waals surface area contributed by atoms with Crippen LogP contribution in [0.25, 0.3) is 0 Å². The molecule has 0 bridgehead atoms. The molecule has 0 N–H and O–H groups in total. The summed E-state index contributed by atoms with van der Waals surface area (Å²) in [5.41, 5.74) is 0.477. The minimum Gasteiger partial charge on any atom is -0.479 e. The van der Waals surface area contributed by atoms with Crippen LogP contribution in [0.15, 0.2) is 11.0 Å². The normalized spacial score (nSPS) is 18.8. The number of aryl methyl sites for hydroxylation is 2. The van der Waals surface area contributed by atoms with Crippen molar-refractivity contribution in [3.63, 3.8) is 0 Å². The average Bonchev–Trinajstić information content (AvgIpc) is 3.41. The maximum Gasteiger partial charge on any atom is 0.345 e. The van der Waals surface area contributed by atoms with E-state index in [4.69, 9.17) is 4.74 Å². The Morgan fingerprint density at radius 2 is 1.79 bits per heavy atom. The summed E-state index contributed by atoms with van der Waals surface area (Å²) >= 11 is 0. The van der Waals surface area contributed by atoms with Crippen LogP contribution in [0, 0.1) is 0 Å². The molecule has 1 aliphatic heterocycles. The molecule has 1 saturated carbocycles. The highest BCUT2D eigenvalue weighted by atomic mass is 16.5. The molecule has 2 aromatic rings. The van der Waals surface area contributed by atoms with Gasteiger partial charge < -0.3 is 9.64 Å². The Kier molecular flexibility index (Phi) is 4.99. The lowest BCUT2D eigenvalue weighted by Crippen LogP contribution is -2.38. The Labute approximate surface area is 163 Å². The molecule has 9 heteroatoms. The first-order valence-corrected chi connectivity index (χ1v) is 10.0. The van der Waals surface area contributed by atoms with E-state index in [1.165, 1.54) is 24.6 Å². The van der Waals surface area contributed by atoms with Crippen LogP contribution < -0.4 is 10.4 Å². The van der Waals surface area contributed by atoms with Gasteiger partial charge in [-0.3, -0.25) is 14.0 Å². The zero-order chi connectivity index (χ0) is 19.8. The molecule has 0 unspecified atom stereocenters. The Morgan fingerprint density at radius 3 is 2.43 bits per heavy atom. The molecule has 2 aliphatic rings. The van der Waals surface area contributed by atoms with Gasteiger partial charge in [0.1, 0.15) is 11.4 Å². The van der Waals surface area contributed by atoms with Gasteiger partial charge in [-0.05, 0) is 25.7 Å². The summed E-state index contributed by atoms with van der Waals surface area (Å²) in [6, 6.07) is 0.274. The van der Waals surface area contributed by atoms with E-state index >= 15 is 0 Å². The molecular weight excluding hydrogens is 360 g/mol. The van der Waals surface area contributed by atoms with Crippen molar-refractivity contribution in [3.8, 4) is 5.88 Å². The minimum absolute atomic E-state index is 0.0134. The first-order chi connectivity index (χ1) is 13.5. The lowest BCUT2D eigenvalue weighted by molar-refractivity contribution is 0.0706. The second-order valence-electron chi connectivity index (χ2n) is 7.86. The minimum atomic E-state index is -0.0578. The fourth-order valence-electron chi connectivity index (χ4n) is 4.56. The smallest absolute Gasteiger partial charge is 0.345 e. The Bertz CT molecular complexity index is 913. The quantitative estimate of drug-likeness (QED) is 0.791. The summed E-state index contributed by atoms with van der Waals surface area (Å²) in [4.78, 5) is 27.4. The fourth-order valence-corrected chi connectivity index (χ4v) is 4.56. The number of nitrogens with zero attached hydrogens (tertiary/aromatic N) is 6. The second kappa shape index (κ2) is 7.44. The molecule has 152 valence electrons. The van der Waals surface area contributed by atoms with Crippen LogP contribution in [0.3, 0.4) is 0 Å². The third-order valence-corrected chi connectivity index (χ3v) is 6.04. The first-order valence-electron chi connectivity index (χ1n) is 10.0. The number of hydrogen-bond donors (Lipinski definition) is 0. The number of carbonyl (C=O) groups excluding carboxylic acids is 1. The largest absolute Gasteiger partial charge is 0.479 e. The molecule has 2 fully saturated rings. The molecular formula is C19H28N6O3. The van der Waals surface area contributed by atoms with Crippen LogP contribution in [0.5, 0.6) is 5.88 Å². The number of likely N-dealkylation sites (tertiary alicyclic amines) is 1. The number of hydrogen-bond acceptors (Lipinski definition) is 5. The SMILES string of the molecule is COc1nn(C)cc1C(=O)N1CCC(c2nn(C)c(=O)n2C2CCCC2)CC1. The van der Waals surface area contributed by atoms with Gasteiger partial charge in [-0.25, -0.2) is 9.48 Å². The van der Waals surface area contributed by atoms with Crippen molar-refractivity contribution in [2.75, 3.05) is 20.2 Å². The first kappa shape index (κ1) is 18.8. The number of aromatic nitrogens is 5. The molecule has 28 heavy (non-hydrogen) atoms. The Morgan fingerprint density at radius 1 is 1.11 bits per heavy atom. The van der Waals surface area contributed by atoms with Crippen molar-refractivity contribution in [2.24, 2.45) is 14.1 Å². The molecule has 3 heterocycles. The molecule has 1 saturated heterocycles. The fraction of sp³-hybridized carbons (Fsp3) is 0.684. The van der Waals surface area contributed by atoms with E-state index in [1.807, 2.05) is 9.47 Å². The van der Waals surface area contributed by atoms with Gasteiger partial charge in [0, 0.05) is 45.3 Å². The van der Waals surface area contributed by atoms with Gasteiger partial charge in [0.25, 0.3) is 5.91 Å². The third-order valence-electron chi connectivity index (χ3n) is 6.04. The van der Waals surface area contributed by atoms with Crippen molar-refractivity contribution in [2.45, 2.75) is 50.5 Å². The van der Waals surface area contributed by atoms with E-state index in [-0.39, 0.29) is 23.6 Å².